The number of nitrogens with two attached hydrogens (primary N) is 1. The number of nitrogen functional groups attached to an aromatic ring is 1. The smallest absolute Gasteiger partial charge is 0.142 e. The molecule has 0 aliphatic carbocycles. The van der Waals surface area contributed by atoms with Crippen molar-refractivity contribution in [2.45, 2.75) is 13.3 Å². The van der Waals surface area contributed by atoms with Gasteiger partial charge in [-0.1, -0.05) is 6.58 Å². The van der Waals surface area contributed by atoms with Crippen LogP contribution in [0.3, 0.4) is 0 Å². The molecule has 0 fully saturated rings. The maximum absolute atomic E-state index is 6.03. The summed E-state index contributed by atoms with van der Waals surface area (Å²) in [4.78, 5) is 4.59. The highest BCUT2D eigenvalue weighted by Gasteiger charge is 2.08. The van der Waals surface area contributed by atoms with E-state index in [0.29, 0.717) is 24.7 Å². The average molecular weight is 304 g/mol. The van der Waals surface area contributed by atoms with E-state index in [1.807, 2.05) is 30.5 Å². The second-order valence-corrected chi connectivity index (χ2v) is 5.81. The maximum atomic E-state index is 6.03. The molecule has 0 unspecified atom stereocenters. The number of anilines is 1. The van der Waals surface area contributed by atoms with Crippen LogP contribution in [0.15, 0.2) is 35.7 Å². The number of aromatic nitrogens is 1. The van der Waals surface area contributed by atoms with Gasteiger partial charge in [-0.05, 0) is 30.7 Å². The van der Waals surface area contributed by atoms with E-state index in [0.717, 1.165) is 28.3 Å². The average Bonchev–Trinajstić information content (AvgIpc) is 2.92. The molecule has 0 saturated heterocycles. The van der Waals surface area contributed by atoms with Gasteiger partial charge in [0.1, 0.15) is 12.4 Å². The van der Waals surface area contributed by atoms with Crippen molar-refractivity contribution in [3.05, 3.63) is 40.7 Å². The first-order valence-corrected chi connectivity index (χ1v) is 7.58. The van der Waals surface area contributed by atoms with Crippen LogP contribution in [0, 0.1) is 0 Å². The minimum atomic E-state index is 0.474. The monoisotopic (exact) mass is 304 g/mol. The molecule has 1 aromatic heterocycles. The van der Waals surface area contributed by atoms with Gasteiger partial charge in [0, 0.05) is 24.5 Å². The Hall–Kier alpha value is -1.85. The molecule has 0 bridgehead atoms. The zero-order valence-electron chi connectivity index (χ0n) is 12.4. The van der Waals surface area contributed by atoms with Crippen molar-refractivity contribution >= 4 is 17.0 Å². The molecule has 1 heterocycles. The van der Waals surface area contributed by atoms with Gasteiger partial charge in [0.2, 0.25) is 0 Å². The zero-order valence-corrected chi connectivity index (χ0v) is 13.2. The summed E-state index contributed by atoms with van der Waals surface area (Å²) in [5.41, 5.74) is 9.53. The molecule has 1 aromatic carbocycles. The van der Waals surface area contributed by atoms with E-state index in [1.165, 1.54) is 0 Å². The van der Waals surface area contributed by atoms with Gasteiger partial charge in [-0.25, -0.2) is 4.98 Å². The fraction of sp³-hybridized carbons (Fsp3) is 0.312. The van der Waals surface area contributed by atoms with Gasteiger partial charge in [-0.2, -0.15) is 0 Å². The van der Waals surface area contributed by atoms with Crippen LogP contribution in [0.5, 0.6) is 5.75 Å². The molecule has 4 nitrogen and oxygen atoms in total. The first-order chi connectivity index (χ1) is 10.1. The zero-order chi connectivity index (χ0) is 15.2. The van der Waals surface area contributed by atoms with Crippen LogP contribution >= 0.6 is 11.3 Å². The lowest BCUT2D eigenvalue weighted by molar-refractivity contribution is 0.202. The van der Waals surface area contributed by atoms with Crippen molar-refractivity contribution < 1.29 is 9.47 Å². The Balaban J connectivity index is 2.11. The molecule has 2 N–H and O–H groups in total. The minimum Gasteiger partial charge on any atom is -0.487 e. The van der Waals surface area contributed by atoms with Crippen molar-refractivity contribution in [1.82, 2.24) is 4.98 Å². The van der Waals surface area contributed by atoms with Gasteiger partial charge in [-0.3, -0.25) is 0 Å². The predicted octanol–water partition coefficient (Wildman–Crippen LogP) is 3.54. The molecule has 0 atom stereocenters. The SMILES string of the molecule is C=C(C)COc1ccc(-c2csc(CCOC)n2)cc1N. The second-order valence-electron chi connectivity index (χ2n) is 4.87. The van der Waals surface area contributed by atoms with Crippen molar-refractivity contribution in [2.75, 3.05) is 26.1 Å². The van der Waals surface area contributed by atoms with Crippen molar-refractivity contribution in [3.8, 4) is 17.0 Å². The van der Waals surface area contributed by atoms with Crippen LogP contribution in [-0.2, 0) is 11.2 Å². The Morgan fingerprint density at radius 3 is 2.90 bits per heavy atom. The number of hydrogen-bond donors (Lipinski definition) is 1. The summed E-state index contributed by atoms with van der Waals surface area (Å²) in [6, 6.07) is 5.74. The number of nitrogens with zero attached hydrogens (tertiary/aromatic N) is 1. The molecule has 0 radical (unpaired) electrons. The van der Waals surface area contributed by atoms with E-state index in [9.17, 15) is 0 Å². The minimum absolute atomic E-state index is 0.474. The molecule has 2 aromatic rings. The van der Waals surface area contributed by atoms with E-state index in [2.05, 4.69) is 11.6 Å². The highest BCUT2D eigenvalue weighted by atomic mass is 32.1. The number of methoxy groups -OCH3 is 1. The Kier molecular flexibility index (Phi) is 5.36. The number of ether oxygens (including phenoxy) is 2. The van der Waals surface area contributed by atoms with Crippen LogP contribution in [0.2, 0.25) is 0 Å². The van der Waals surface area contributed by atoms with Gasteiger partial charge in [0.15, 0.2) is 0 Å². The fourth-order valence-corrected chi connectivity index (χ4v) is 2.58. The van der Waals surface area contributed by atoms with Gasteiger partial charge in [0.25, 0.3) is 0 Å². The number of rotatable bonds is 7. The summed E-state index contributed by atoms with van der Waals surface area (Å²) in [5, 5.41) is 3.10. The lowest BCUT2D eigenvalue weighted by Crippen LogP contribution is -2.00. The Morgan fingerprint density at radius 1 is 1.43 bits per heavy atom. The molecule has 0 aliphatic rings. The second kappa shape index (κ2) is 7.24. The van der Waals surface area contributed by atoms with Gasteiger partial charge in [0.05, 0.1) is 23.0 Å². The molecule has 2 rings (SSSR count). The van der Waals surface area contributed by atoms with Gasteiger partial charge >= 0.3 is 0 Å². The fourth-order valence-electron chi connectivity index (χ4n) is 1.79. The summed E-state index contributed by atoms with van der Waals surface area (Å²) in [5.74, 6) is 0.677. The first kappa shape index (κ1) is 15.5. The molecular weight excluding hydrogens is 284 g/mol. The molecule has 5 heteroatoms. The van der Waals surface area contributed by atoms with E-state index < -0.39 is 0 Å². The Bertz CT molecular complexity index is 622. The highest BCUT2D eigenvalue weighted by Crippen LogP contribution is 2.29. The first-order valence-electron chi connectivity index (χ1n) is 6.70. The van der Waals surface area contributed by atoms with Crippen LogP contribution < -0.4 is 10.5 Å². The third-order valence-corrected chi connectivity index (χ3v) is 3.76. The number of thiazole rings is 1. The summed E-state index contributed by atoms with van der Waals surface area (Å²) < 4.78 is 10.7. The van der Waals surface area contributed by atoms with E-state index in [-0.39, 0.29) is 0 Å². The summed E-state index contributed by atoms with van der Waals surface area (Å²) in [6.45, 7) is 6.88. The lowest BCUT2D eigenvalue weighted by atomic mass is 10.1. The van der Waals surface area contributed by atoms with E-state index in [1.54, 1.807) is 18.4 Å². The normalized spacial score (nSPS) is 10.6. The number of benzene rings is 1. The quantitative estimate of drug-likeness (QED) is 0.628. The van der Waals surface area contributed by atoms with Crippen molar-refractivity contribution in [2.24, 2.45) is 0 Å². The van der Waals surface area contributed by atoms with E-state index in [4.69, 9.17) is 15.2 Å². The van der Waals surface area contributed by atoms with Crippen LogP contribution in [0.1, 0.15) is 11.9 Å². The molecule has 0 spiro atoms. The Labute approximate surface area is 129 Å². The number of hydrogen-bond acceptors (Lipinski definition) is 5. The predicted molar refractivity (Wildman–Crippen MR) is 87.9 cm³/mol. The van der Waals surface area contributed by atoms with E-state index >= 15 is 0 Å². The standard InChI is InChI=1S/C16H20N2O2S/c1-11(2)9-20-15-5-4-12(8-13(15)17)14-10-21-16(18-14)6-7-19-3/h4-5,8,10H,1,6-7,9,17H2,2-3H3. The van der Waals surface area contributed by atoms with Crippen LogP contribution in [-0.4, -0.2) is 25.3 Å². The molecule has 0 amide bonds. The summed E-state index contributed by atoms with van der Waals surface area (Å²) >= 11 is 1.63. The maximum Gasteiger partial charge on any atom is 0.142 e. The topological polar surface area (TPSA) is 57.4 Å². The van der Waals surface area contributed by atoms with Gasteiger partial charge < -0.3 is 15.2 Å². The van der Waals surface area contributed by atoms with Crippen molar-refractivity contribution in [3.63, 3.8) is 0 Å². The van der Waals surface area contributed by atoms with Crippen molar-refractivity contribution in [1.29, 1.82) is 0 Å². The molecule has 21 heavy (non-hydrogen) atoms. The highest BCUT2D eigenvalue weighted by molar-refractivity contribution is 7.09. The lowest BCUT2D eigenvalue weighted by Gasteiger charge is -2.09. The summed E-state index contributed by atoms with van der Waals surface area (Å²) in [6.07, 6.45) is 0.830. The van der Waals surface area contributed by atoms with Gasteiger partial charge in [-0.15, -0.1) is 11.3 Å². The third kappa shape index (κ3) is 4.31. The molecule has 0 aliphatic heterocycles. The summed E-state index contributed by atoms with van der Waals surface area (Å²) in [7, 11) is 1.69. The largest absolute Gasteiger partial charge is 0.487 e. The molecule has 0 saturated carbocycles. The Morgan fingerprint density at radius 2 is 2.24 bits per heavy atom. The molecular formula is C16H20N2O2S. The third-order valence-electron chi connectivity index (χ3n) is 2.85. The van der Waals surface area contributed by atoms with Crippen LogP contribution in [0.25, 0.3) is 11.3 Å². The molecule has 112 valence electrons. The van der Waals surface area contributed by atoms with Crippen LogP contribution in [0.4, 0.5) is 5.69 Å².